The quantitative estimate of drug-likeness (QED) is 0.126. The minimum Gasteiger partial charge on any atom is -0.572 e. The third-order valence-electron chi connectivity index (χ3n) is 4.06. The van der Waals surface area contributed by atoms with Crippen molar-refractivity contribution >= 4 is 21.7 Å². The Hall–Kier alpha value is -3.73. The van der Waals surface area contributed by atoms with Crippen LogP contribution in [-0.4, -0.2) is 29.5 Å². The van der Waals surface area contributed by atoms with Crippen molar-refractivity contribution in [2.75, 3.05) is 0 Å². The summed E-state index contributed by atoms with van der Waals surface area (Å²) in [6.07, 6.45) is 4.92. The molecule has 4 rings (SSSR count). The Morgan fingerprint density at radius 1 is 0.763 bits per heavy atom. The van der Waals surface area contributed by atoms with Crippen molar-refractivity contribution in [1.82, 2.24) is 9.97 Å². The van der Waals surface area contributed by atoms with Crippen molar-refractivity contribution < 1.29 is 60.7 Å². The number of halogens is 5. The topological polar surface area (TPSA) is 111 Å². The molecule has 2 aromatic heterocycles. The molecule has 0 aliphatic carbocycles. The van der Waals surface area contributed by atoms with E-state index in [-0.39, 0.29) is 31.7 Å². The van der Waals surface area contributed by atoms with Gasteiger partial charge in [-0.2, -0.15) is 0 Å². The van der Waals surface area contributed by atoms with Gasteiger partial charge in [0.2, 0.25) is 5.82 Å². The Bertz CT molecular complexity index is 1410. The molecule has 0 radical (unpaired) electrons. The van der Waals surface area contributed by atoms with Gasteiger partial charge in [0.05, 0.1) is 5.69 Å². The maximum atomic E-state index is 13.9. The van der Waals surface area contributed by atoms with E-state index in [1.165, 1.54) is 36.5 Å². The number of pyridine rings is 2. The molecule has 1 N–H and O–H groups in total. The van der Waals surface area contributed by atoms with Crippen molar-refractivity contribution in [3.05, 3.63) is 113 Å². The van der Waals surface area contributed by atoms with E-state index in [4.69, 9.17) is 9.90 Å². The summed E-state index contributed by atoms with van der Waals surface area (Å²) in [7, 11) is -5.27. The third-order valence-corrected chi connectivity index (χ3v) is 5.37. The van der Waals surface area contributed by atoms with Crippen LogP contribution in [0.5, 0.6) is 0 Å². The van der Waals surface area contributed by atoms with E-state index >= 15 is 0 Å². The predicted molar refractivity (Wildman–Crippen MR) is 124 cm³/mol. The standard InChI is InChI=1S/C17H8F5N2O2S.C5H5N.C2H4O2.Pd/c18-12-13(19)15(21)17(16(22)14(12)20)27(25,26)24-11-7-2-1-5-9(11)10-6-3-4-8-23-10;1-2-4-6-5-3-1;1-2(3)4;/h1-8H;1-5H;1H3,(H,3,4);/q-1;;;. The number of aliphatic carboxylic acids is 1. The van der Waals surface area contributed by atoms with E-state index in [9.17, 15) is 30.4 Å². The van der Waals surface area contributed by atoms with Crippen molar-refractivity contribution in [1.29, 1.82) is 0 Å². The number of carboxylic acid groups (broad SMARTS) is 1. The summed E-state index contributed by atoms with van der Waals surface area (Å²) in [5.74, 6) is -13.0. The van der Waals surface area contributed by atoms with Gasteiger partial charge in [-0.3, -0.25) is 14.8 Å². The zero-order valence-electron chi connectivity index (χ0n) is 19.1. The Labute approximate surface area is 228 Å². The summed E-state index contributed by atoms with van der Waals surface area (Å²) < 4.78 is 95.4. The number of nitrogens with zero attached hydrogens (tertiary/aromatic N) is 3. The summed E-state index contributed by atoms with van der Waals surface area (Å²) in [4.78, 5) is 14.8. The first-order chi connectivity index (χ1) is 17.5. The fourth-order valence-corrected chi connectivity index (χ4v) is 3.73. The molecule has 0 atom stereocenters. The fraction of sp³-hybridized carbons (Fsp3) is 0.0417. The summed E-state index contributed by atoms with van der Waals surface area (Å²) in [6, 6.07) is 16.0. The molecule has 0 saturated carbocycles. The van der Waals surface area contributed by atoms with Crippen molar-refractivity contribution in [2.24, 2.45) is 0 Å². The zero-order chi connectivity index (χ0) is 27.6. The first-order valence-corrected chi connectivity index (χ1v) is 11.5. The van der Waals surface area contributed by atoms with E-state index in [2.05, 4.69) is 14.7 Å². The molecule has 4 aromatic rings. The Kier molecular flexibility index (Phi) is 12.6. The normalized spacial score (nSPS) is 10.1. The van der Waals surface area contributed by atoms with Crippen molar-refractivity contribution in [2.45, 2.75) is 11.8 Å². The number of sulfonamides is 1. The minimum atomic E-state index is -5.27. The summed E-state index contributed by atoms with van der Waals surface area (Å²) in [5.41, 5.74) is 0.204. The number of hydrogen-bond donors (Lipinski definition) is 1. The van der Waals surface area contributed by atoms with E-state index in [0.717, 1.165) is 6.92 Å². The second kappa shape index (κ2) is 14.9. The first-order valence-electron chi connectivity index (χ1n) is 10.0. The van der Waals surface area contributed by atoms with Gasteiger partial charge in [0.15, 0.2) is 23.3 Å². The van der Waals surface area contributed by atoms with Gasteiger partial charge in [0.1, 0.15) is 14.9 Å². The molecule has 0 bridgehead atoms. The zero-order valence-corrected chi connectivity index (χ0v) is 21.5. The Balaban J connectivity index is 0.000000553. The number of aromatic nitrogens is 2. The van der Waals surface area contributed by atoms with Gasteiger partial charge in [0, 0.05) is 45.9 Å². The second-order valence-corrected chi connectivity index (χ2v) is 8.28. The summed E-state index contributed by atoms with van der Waals surface area (Å²) in [5, 5.41) is 7.42. The molecule has 0 fully saturated rings. The number of carbonyl (C=O) groups is 1. The number of hydrogen-bond acceptors (Lipinski definition) is 5. The molecule has 0 aliphatic heterocycles. The van der Waals surface area contributed by atoms with Crippen LogP contribution in [0.25, 0.3) is 16.0 Å². The van der Waals surface area contributed by atoms with Gasteiger partial charge in [-0.05, 0) is 29.8 Å². The molecule has 14 heteroatoms. The molecule has 0 spiro atoms. The number of carboxylic acids is 1. The molecule has 2 aromatic carbocycles. The fourth-order valence-electron chi connectivity index (χ4n) is 2.59. The molecule has 38 heavy (non-hydrogen) atoms. The third kappa shape index (κ3) is 8.69. The second-order valence-electron chi connectivity index (χ2n) is 6.74. The van der Waals surface area contributed by atoms with Crippen LogP contribution in [0.4, 0.5) is 27.6 Å². The van der Waals surface area contributed by atoms with Gasteiger partial charge in [-0.1, -0.05) is 36.4 Å². The van der Waals surface area contributed by atoms with Gasteiger partial charge < -0.3 is 9.83 Å². The van der Waals surface area contributed by atoms with Crippen LogP contribution in [0.2, 0.25) is 0 Å². The molecule has 0 saturated heterocycles. The maximum absolute atomic E-state index is 13.9. The molecular weight excluding hydrogens is 628 g/mol. The summed E-state index contributed by atoms with van der Waals surface area (Å²) in [6.45, 7) is 1.08. The van der Waals surface area contributed by atoms with Crippen LogP contribution in [0.1, 0.15) is 6.92 Å². The van der Waals surface area contributed by atoms with Crippen LogP contribution in [-0.2, 0) is 35.2 Å². The number of benzene rings is 2. The van der Waals surface area contributed by atoms with Gasteiger partial charge in [0.25, 0.3) is 5.97 Å². The van der Waals surface area contributed by atoms with E-state index in [1.54, 1.807) is 24.5 Å². The SMILES string of the molecule is CC(=O)O.O=S(=O)([N-]c1ccccc1-c1ccccn1)c1c(F)c(F)c(F)c(F)c1F.[Pd].c1ccncc1. The average Bonchev–Trinajstić information content (AvgIpc) is 2.88. The summed E-state index contributed by atoms with van der Waals surface area (Å²) >= 11 is 0. The smallest absolute Gasteiger partial charge is 0.300 e. The molecule has 2 heterocycles. The molecule has 0 unspecified atom stereocenters. The monoisotopic (exact) mass is 644 g/mol. The molecule has 204 valence electrons. The Morgan fingerprint density at radius 3 is 1.68 bits per heavy atom. The average molecular weight is 645 g/mol. The van der Waals surface area contributed by atoms with Crippen LogP contribution >= 0.6 is 0 Å². The predicted octanol–water partition coefficient (Wildman–Crippen LogP) is 6.01. The molecule has 0 aliphatic rings. The van der Waals surface area contributed by atoms with E-state index in [1.807, 2.05) is 18.2 Å². The minimum absolute atomic E-state index is 0. The molecule has 0 amide bonds. The van der Waals surface area contributed by atoms with Crippen molar-refractivity contribution in [3.63, 3.8) is 0 Å². The van der Waals surface area contributed by atoms with Crippen LogP contribution in [0.3, 0.4) is 0 Å². The maximum Gasteiger partial charge on any atom is 0.300 e. The van der Waals surface area contributed by atoms with Gasteiger partial charge >= 0.3 is 0 Å². The van der Waals surface area contributed by atoms with Crippen LogP contribution in [0, 0.1) is 29.1 Å². The van der Waals surface area contributed by atoms with E-state index < -0.39 is 50.0 Å². The molecular formula is C24H17F5N3O4PdS-. The Morgan fingerprint density at radius 2 is 1.24 bits per heavy atom. The largest absolute Gasteiger partial charge is 0.572 e. The first kappa shape index (κ1) is 32.3. The number of rotatable bonds is 4. The molecule has 7 nitrogen and oxygen atoms in total. The van der Waals surface area contributed by atoms with Gasteiger partial charge in [-0.25, -0.2) is 30.4 Å². The van der Waals surface area contributed by atoms with Crippen LogP contribution in [0.15, 0.2) is 84.1 Å². The van der Waals surface area contributed by atoms with Crippen LogP contribution < -0.4 is 0 Å². The van der Waals surface area contributed by atoms with E-state index in [0.29, 0.717) is 5.69 Å². The van der Waals surface area contributed by atoms with Crippen molar-refractivity contribution in [3.8, 4) is 11.3 Å². The van der Waals surface area contributed by atoms with Gasteiger partial charge in [-0.15, -0.1) is 5.69 Å².